The first-order valence-corrected chi connectivity index (χ1v) is 6.93. The van der Waals surface area contributed by atoms with Crippen LogP contribution in [-0.4, -0.2) is 17.8 Å². The molecule has 0 aliphatic heterocycles. The molecule has 1 amide bonds. The summed E-state index contributed by atoms with van der Waals surface area (Å²) in [6.07, 6.45) is 2.15. The Morgan fingerprint density at radius 1 is 1.39 bits per heavy atom. The Morgan fingerprint density at radius 2 is 2.11 bits per heavy atom. The molecule has 98 valence electrons. The van der Waals surface area contributed by atoms with Gasteiger partial charge in [-0.3, -0.25) is 4.79 Å². The molecule has 1 N–H and O–H groups in total. The van der Waals surface area contributed by atoms with Crippen molar-refractivity contribution in [3.8, 4) is 0 Å². The average molecular weight is 318 g/mol. The van der Waals surface area contributed by atoms with Crippen molar-refractivity contribution in [2.75, 3.05) is 11.9 Å². The van der Waals surface area contributed by atoms with Gasteiger partial charge in [0, 0.05) is 17.9 Å². The molecular weight excluding hydrogens is 304 g/mol. The van der Waals surface area contributed by atoms with E-state index in [0.717, 1.165) is 30.3 Å². The maximum absolute atomic E-state index is 13.3. The van der Waals surface area contributed by atoms with Crippen LogP contribution < -0.4 is 5.32 Å². The first-order chi connectivity index (χ1) is 8.54. The molecule has 0 radical (unpaired) electrons. The van der Waals surface area contributed by atoms with Crippen LogP contribution >= 0.6 is 15.9 Å². The summed E-state index contributed by atoms with van der Waals surface area (Å²) in [6.45, 7) is 0.611. The van der Waals surface area contributed by atoms with Gasteiger partial charge in [-0.1, -0.05) is 22.0 Å². The molecule has 2 rings (SSSR count). The Bertz CT molecular complexity index is 460. The van der Waals surface area contributed by atoms with Gasteiger partial charge in [0.05, 0.1) is 6.42 Å². The molecular formula is C13H14BrF2NO. The number of halogens is 3. The smallest absolute Gasteiger partial charge is 0.224 e. The highest BCUT2D eigenvalue weighted by Crippen LogP contribution is 2.46. The lowest BCUT2D eigenvalue weighted by Gasteiger charge is -2.12. The van der Waals surface area contributed by atoms with Crippen LogP contribution in [0.4, 0.5) is 8.78 Å². The molecule has 1 aliphatic carbocycles. The summed E-state index contributed by atoms with van der Waals surface area (Å²) in [7, 11) is 0. The molecule has 0 spiro atoms. The highest BCUT2D eigenvalue weighted by Gasteiger charge is 2.41. The van der Waals surface area contributed by atoms with Crippen molar-refractivity contribution >= 4 is 21.8 Å². The van der Waals surface area contributed by atoms with Gasteiger partial charge < -0.3 is 5.32 Å². The molecule has 5 heteroatoms. The van der Waals surface area contributed by atoms with Crippen LogP contribution in [0.25, 0.3) is 0 Å². The second-order valence-electron chi connectivity index (χ2n) is 4.82. The van der Waals surface area contributed by atoms with E-state index in [1.54, 1.807) is 0 Å². The van der Waals surface area contributed by atoms with Crippen LogP contribution in [0.1, 0.15) is 18.4 Å². The fourth-order valence-corrected chi connectivity index (χ4v) is 2.48. The van der Waals surface area contributed by atoms with Crippen molar-refractivity contribution in [1.82, 2.24) is 5.32 Å². The largest absolute Gasteiger partial charge is 0.355 e. The highest BCUT2D eigenvalue weighted by molar-refractivity contribution is 9.09. The third-order valence-corrected chi connectivity index (χ3v) is 4.46. The van der Waals surface area contributed by atoms with Crippen molar-refractivity contribution < 1.29 is 13.6 Å². The summed E-state index contributed by atoms with van der Waals surface area (Å²) in [5.41, 5.74) is 0.411. The number of hydrogen-bond acceptors (Lipinski definition) is 1. The first kappa shape index (κ1) is 13.5. The molecule has 0 atom stereocenters. The molecule has 1 aliphatic rings. The van der Waals surface area contributed by atoms with Gasteiger partial charge in [-0.2, -0.15) is 0 Å². The summed E-state index contributed by atoms with van der Waals surface area (Å²) in [4.78, 5) is 11.7. The Labute approximate surface area is 113 Å². The lowest BCUT2D eigenvalue weighted by molar-refractivity contribution is -0.120. The number of rotatable bonds is 5. The number of benzene rings is 1. The zero-order valence-corrected chi connectivity index (χ0v) is 11.4. The van der Waals surface area contributed by atoms with E-state index in [4.69, 9.17) is 0 Å². The summed E-state index contributed by atoms with van der Waals surface area (Å²) >= 11 is 3.42. The monoisotopic (exact) mass is 317 g/mol. The number of carbonyl (C=O) groups excluding carboxylic acids is 1. The molecule has 2 nitrogen and oxygen atoms in total. The summed E-state index contributed by atoms with van der Waals surface area (Å²) in [5.74, 6) is -1.53. The van der Waals surface area contributed by atoms with Crippen LogP contribution in [-0.2, 0) is 11.2 Å². The van der Waals surface area contributed by atoms with Crippen molar-refractivity contribution in [3.05, 3.63) is 35.4 Å². The second-order valence-corrected chi connectivity index (χ2v) is 5.38. The van der Waals surface area contributed by atoms with Crippen LogP contribution in [0.2, 0.25) is 0 Å². The summed E-state index contributed by atoms with van der Waals surface area (Å²) in [5, 5.41) is 3.66. The van der Waals surface area contributed by atoms with Gasteiger partial charge >= 0.3 is 0 Å². The van der Waals surface area contributed by atoms with Crippen LogP contribution in [0.5, 0.6) is 0 Å². The zero-order valence-electron chi connectivity index (χ0n) is 9.81. The van der Waals surface area contributed by atoms with E-state index in [1.807, 2.05) is 0 Å². The maximum atomic E-state index is 13.3. The van der Waals surface area contributed by atoms with E-state index in [0.29, 0.717) is 6.54 Å². The van der Waals surface area contributed by atoms with E-state index in [-0.39, 0.29) is 23.3 Å². The van der Waals surface area contributed by atoms with Gasteiger partial charge in [0.2, 0.25) is 5.91 Å². The Hall–Kier alpha value is -0.970. The molecule has 0 heterocycles. The molecule has 1 aromatic rings. The fraction of sp³-hybridized carbons (Fsp3) is 0.462. The molecule has 0 aromatic heterocycles. The molecule has 1 saturated carbocycles. The van der Waals surface area contributed by atoms with E-state index < -0.39 is 11.6 Å². The van der Waals surface area contributed by atoms with Gasteiger partial charge in [-0.15, -0.1) is 0 Å². The minimum Gasteiger partial charge on any atom is -0.355 e. The number of nitrogens with one attached hydrogen (secondary N) is 1. The van der Waals surface area contributed by atoms with Crippen molar-refractivity contribution in [2.45, 2.75) is 19.3 Å². The molecule has 0 unspecified atom stereocenters. The number of carbonyl (C=O) groups is 1. The minimum absolute atomic E-state index is 0.0511. The topological polar surface area (TPSA) is 29.1 Å². The van der Waals surface area contributed by atoms with E-state index >= 15 is 0 Å². The second kappa shape index (κ2) is 5.34. The summed E-state index contributed by atoms with van der Waals surface area (Å²) in [6, 6.07) is 3.26. The normalized spacial score (nSPS) is 16.4. The van der Waals surface area contributed by atoms with Crippen molar-refractivity contribution in [1.29, 1.82) is 0 Å². The molecule has 1 aromatic carbocycles. The molecule has 18 heavy (non-hydrogen) atoms. The third kappa shape index (κ3) is 3.28. The van der Waals surface area contributed by atoms with E-state index in [9.17, 15) is 13.6 Å². The lowest BCUT2D eigenvalue weighted by Crippen LogP contribution is -2.32. The Morgan fingerprint density at radius 3 is 2.67 bits per heavy atom. The van der Waals surface area contributed by atoms with Gasteiger partial charge in [-0.05, 0) is 29.9 Å². The number of hydrogen-bond donors (Lipinski definition) is 1. The summed E-state index contributed by atoms with van der Waals surface area (Å²) < 4.78 is 26.0. The minimum atomic E-state index is -0.674. The van der Waals surface area contributed by atoms with Crippen molar-refractivity contribution in [3.63, 3.8) is 0 Å². The molecule has 1 fully saturated rings. The first-order valence-electron chi connectivity index (χ1n) is 5.81. The molecule has 0 bridgehead atoms. The Balaban J connectivity index is 1.87. The Kier molecular flexibility index (Phi) is 4.00. The van der Waals surface area contributed by atoms with E-state index in [2.05, 4.69) is 21.2 Å². The number of alkyl halides is 1. The number of amides is 1. The predicted molar refractivity (Wildman–Crippen MR) is 68.5 cm³/mol. The average Bonchev–Trinajstić information content (AvgIpc) is 3.11. The predicted octanol–water partition coefficient (Wildman–Crippen LogP) is 2.80. The van der Waals surface area contributed by atoms with Crippen molar-refractivity contribution in [2.24, 2.45) is 5.41 Å². The highest BCUT2D eigenvalue weighted by atomic mass is 79.9. The van der Waals surface area contributed by atoms with Gasteiger partial charge in [0.1, 0.15) is 11.6 Å². The standard InChI is InChI=1S/C13H14BrF2NO/c14-7-13(3-4-13)8-17-12(18)5-9-1-2-10(15)6-11(9)16/h1-2,6H,3-5,7-8H2,(H,17,18). The van der Waals surface area contributed by atoms with Gasteiger partial charge in [0.15, 0.2) is 0 Å². The van der Waals surface area contributed by atoms with Crippen LogP contribution in [0, 0.1) is 17.0 Å². The zero-order chi connectivity index (χ0) is 13.2. The van der Waals surface area contributed by atoms with Crippen LogP contribution in [0.3, 0.4) is 0 Å². The van der Waals surface area contributed by atoms with Crippen LogP contribution in [0.15, 0.2) is 18.2 Å². The third-order valence-electron chi connectivity index (χ3n) is 3.27. The lowest BCUT2D eigenvalue weighted by atomic mass is 10.1. The SMILES string of the molecule is O=C(Cc1ccc(F)cc1F)NCC1(CBr)CC1. The quantitative estimate of drug-likeness (QED) is 0.831. The molecule has 0 saturated heterocycles. The fourth-order valence-electron chi connectivity index (χ4n) is 1.72. The van der Waals surface area contributed by atoms with E-state index in [1.165, 1.54) is 6.07 Å². The van der Waals surface area contributed by atoms with Gasteiger partial charge in [0.25, 0.3) is 0 Å². The van der Waals surface area contributed by atoms with Gasteiger partial charge in [-0.25, -0.2) is 8.78 Å². The maximum Gasteiger partial charge on any atom is 0.224 e.